The second-order valence-corrected chi connectivity index (χ2v) is 4.92. The summed E-state index contributed by atoms with van der Waals surface area (Å²) in [5.74, 6) is 0.510. The molecule has 21 heavy (non-hydrogen) atoms. The van der Waals surface area contributed by atoms with Crippen molar-refractivity contribution in [2.45, 2.75) is 20.4 Å². The molecule has 2 rings (SSSR count). The van der Waals surface area contributed by atoms with Gasteiger partial charge in [0, 0.05) is 17.8 Å². The predicted octanol–water partition coefficient (Wildman–Crippen LogP) is 2.78. The van der Waals surface area contributed by atoms with E-state index in [1.807, 2.05) is 56.3 Å². The first-order chi connectivity index (χ1) is 10.1. The summed E-state index contributed by atoms with van der Waals surface area (Å²) in [5.41, 5.74) is 9.38. The van der Waals surface area contributed by atoms with E-state index in [4.69, 9.17) is 10.5 Å². The van der Waals surface area contributed by atoms with E-state index in [0.29, 0.717) is 12.3 Å². The van der Waals surface area contributed by atoms with Gasteiger partial charge >= 0.3 is 0 Å². The zero-order chi connectivity index (χ0) is 15.2. The van der Waals surface area contributed by atoms with Crippen molar-refractivity contribution in [3.63, 3.8) is 0 Å². The number of ether oxygens (including phenoxy) is 1. The molecule has 0 saturated heterocycles. The molecule has 0 atom stereocenters. The molecule has 0 heterocycles. The Morgan fingerprint density at radius 3 is 2.52 bits per heavy atom. The van der Waals surface area contributed by atoms with Gasteiger partial charge in [-0.25, -0.2) is 0 Å². The summed E-state index contributed by atoms with van der Waals surface area (Å²) in [6.07, 6.45) is 0. The van der Waals surface area contributed by atoms with E-state index in [2.05, 4.69) is 5.32 Å². The quantitative estimate of drug-likeness (QED) is 0.887. The fourth-order valence-corrected chi connectivity index (χ4v) is 2.12. The van der Waals surface area contributed by atoms with Gasteiger partial charge in [0.25, 0.3) is 5.91 Å². The van der Waals surface area contributed by atoms with E-state index in [0.717, 1.165) is 22.4 Å². The van der Waals surface area contributed by atoms with Crippen molar-refractivity contribution in [1.82, 2.24) is 0 Å². The molecule has 4 nitrogen and oxygen atoms in total. The number of aryl methyl sites for hydroxylation is 2. The van der Waals surface area contributed by atoms with E-state index < -0.39 is 0 Å². The number of anilines is 1. The van der Waals surface area contributed by atoms with E-state index in [1.165, 1.54) is 0 Å². The minimum atomic E-state index is -0.185. The van der Waals surface area contributed by atoms with Crippen LogP contribution in [-0.4, -0.2) is 12.5 Å². The SMILES string of the molecule is Cc1ccccc1NC(=O)COc1c(C)cccc1CN. The summed E-state index contributed by atoms with van der Waals surface area (Å²) in [6.45, 7) is 4.24. The molecule has 2 aromatic carbocycles. The van der Waals surface area contributed by atoms with Crippen molar-refractivity contribution in [2.75, 3.05) is 11.9 Å². The Hall–Kier alpha value is -2.33. The van der Waals surface area contributed by atoms with Crippen LogP contribution in [0.1, 0.15) is 16.7 Å². The average Bonchev–Trinajstić information content (AvgIpc) is 2.48. The molecule has 2 aromatic rings. The highest BCUT2D eigenvalue weighted by Crippen LogP contribution is 2.23. The van der Waals surface area contributed by atoms with Gasteiger partial charge in [0.05, 0.1) is 0 Å². The largest absolute Gasteiger partial charge is 0.483 e. The van der Waals surface area contributed by atoms with Gasteiger partial charge in [-0.15, -0.1) is 0 Å². The minimum Gasteiger partial charge on any atom is -0.483 e. The number of nitrogens with one attached hydrogen (secondary N) is 1. The first kappa shape index (κ1) is 15.1. The van der Waals surface area contributed by atoms with E-state index >= 15 is 0 Å². The molecular formula is C17H20N2O2. The van der Waals surface area contributed by atoms with Crippen LogP contribution in [0.3, 0.4) is 0 Å². The molecule has 0 radical (unpaired) electrons. The first-order valence-corrected chi connectivity index (χ1v) is 6.88. The molecule has 0 saturated carbocycles. The first-order valence-electron chi connectivity index (χ1n) is 6.88. The van der Waals surface area contributed by atoms with Crippen LogP contribution in [0.4, 0.5) is 5.69 Å². The summed E-state index contributed by atoms with van der Waals surface area (Å²) in [4.78, 5) is 12.0. The van der Waals surface area contributed by atoms with Crippen LogP contribution in [0.25, 0.3) is 0 Å². The molecule has 0 aromatic heterocycles. The number of rotatable bonds is 5. The molecule has 0 unspecified atom stereocenters. The highest BCUT2D eigenvalue weighted by atomic mass is 16.5. The second-order valence-electron chi connectivity index (χ2n) is 4.92. The third kappa shape index (κ3) is 3.83. The monoisotopic (exact) mass is 284 g/mol. The number of amides is 1. The summed E-state index contributed by atoms with van der Waals surface area (Å²) in [5, 5.41) is 2.84. The number of para-hydroxylation sites is 2. The zero-order valence-electron chi connectivity index (χ0n) is 12.3. The lowest BCUT2D eigenvalue weighted by molar-refractivity contribution is -0.118. The molecule has 3 N–H and O–H groups in total. The fourth-order valence-electron chi connectivity index (χ4n) is 2.12. The molecule has 0 bridgehead atoms. The molecule has 0 aliphatic rings. The number of carbonyl (C=O) groups excluding carboxylic acids is 1. The lowest BCUT2D eigenvalue weighted by Gasteiger charge is -2.13. The predicted molar refractivity (Wildman–Crippen MR) is 84.4 cm³/mol. The molecule has 110 valence electrons. The topological polar surface area (TPSA) is 64.3 Å². The summed E-state index contributed by atoms with van der Waals surface area (Å²) in [6, 6.07) is 13.4. The average molecular weight is 284 g/mol. The molecular weight excluding hydrogens is 264 g/mol. The Kier molecular flexibility index (Phi) is 4.95. The van der Waals surface area contributed by atoms with Crippen LogP contribution in [0.5, 0.6) is 5.75 Å². The van der Waals surface area contributed by atoms with Crippen molar-refractivity contribution < 1.29 is 9.53 Å². The highest BCUT2D eigenvalue weighted by Gasteiger charge is 2.09. The summed E-state index contributed by atoms with van der Waals surface area (Å²) >= 11 is 0. The maximum absolute atomic E-state index is 12.0. The normalized spacial score (nSPS) is 10.2. The van der Waals surface area contributed by atoms with Crippen LogP contribution >= 0.6 is 0 Å². The van der Waals surface area contributed by atoms with Gasteiger partial charge in [0.1, 0.15) is 5.75 Å². The third-order valence-corrected chi connectivity index (χ3v) is 3.28. The van der Waals surface area contributed by atoms with E-state index in [1.54, 1.807) is 0 Å². The zero-order valence-corrected chi connectivity index (χ0v) is 12.3. The van der Waals surface area contributed by atoms with E-state index in [-0.39, 0.29) is 12.5 Å². The van der Waals surface area contributed by atoms with Gasteiger partial charge in [-0.1, -0.05) is 36.4 Å². The second kappa shape index (κ2) is 6.90. The minimum absolute atomic E-state index is 0.0355. The van der Waals surface area contributed by atoms with Crippen molar-refractivity contribution in [2.24, 2.45) is 5.73 Å². The van der Waals surface area contributed by atoms with Crippen LogP contribution < -0.4 is 15.8 Å². The van der Waals surface area contributed by atoms with Crippen LogP contribution in [0, 0.1) is 13.8 Å². The molecule has 1 amide bonds. The Balaban J connectivity index is 2.01. The Labute approximate surface area is 124 Å². The number of hydrogen-bond acceptors (Lipinski definition) is 3. The Bertz CT molecular complexity index is 638. The molecule has 0 aliphatic heterocycles. The highest BCUT2D eigenvalue weighted by molar-refractivity contribution is 5.92. The maximum atomic E-state index is 12.0. The number of carbonyl (C=O) groups is 1. The van der Waals surface area contributed by atoms with Crippen molar-refractivity contribution in [1.29, 1.82) is 0 Å². The standard InChI is InChI=1S/C17H20N2O2/c1-12-6-3-4-9-15(12)19-16(20)11-21-17-13(2)7-5-8-14(17)10-18/h3-9H,10-11,18H2,1-2H3,(H,19,20). The van der Waals surface area contributed by atoms with Gasteiger partial charge in [-0.2, -0.15) is 0 Å². The molecule has 4 heteroatoms. The lowest BCUT2D eigenvalue weighted by Crippen LogP contribution is -2.21. The van der Waals surface area contributed by atoms with Gasteiger partial charge < -0.3 is 15.8 Å². The Morgan fingerprint density at radius 2 is 1.81 bits per heavy atom. The Morgan fingerprint density at radius 1 is 1.10 bits per heavy atom. The van der Waals surface area contributed by atoms with Crippen LogP contribution in [-0.2, 0) is 11.3 Å². The molecule has 0 spiro atoms. The van der Waals surface area contributed by atoms with Crippen molar-refractivity contribution in [3.8, 4) is 5.75 Å². The molecule has 0 aliphatic carbocycles. The van der Waals surface area contributed by atoms with Crippen molar-refractivity contribution >= 4 is 11.6 Å². The number of nitrogens with two attached hydrogens (primary N) is 1. The van der Waals surface area contributed by atoms with Crippen LogP contribution in [0.15, 0.2) is 42.5 Å². The summed E-state index contributed by atoms with van der Waals surface area (Å²) in [7, 11) is 0. The van der Waals surface area contributed by atoms with Crippen molar-refractivity contribution in [3.05, 3.63) is 59.2 Å². The van der Waals surface area contributed by atoms with Gasteiger partial charge in [0.15, 0.2) is 6.61 Å². The van der Waals surface area contributed by atoms with E-state index in [9.17, 15) is 4.79 Å². The maximum Gasteiger partial charge on any atom is 0.262 e. The smallest absolute Gasteiger partial charge is 0.262 e. The van der Waals surface area contributed by atoms with Gasteiger partial charge in [-0.05, 0) is 31.0 Å². The molecule has 0 fully saturated rings. The summed E-state index contributed by atoms with van der Waals surface area (Å²) < 4.78 is 5.64. The van der Waals surface area contributed by atoms with Crippen LogP contribution in [0.2, 0.25) is 0 Å². The lowest BCUT2D eigenvalue weighted by atomic mass is 10.1. The fraction of sp³-hybridized carbons (Fsp3) is 0.235. The number of benzene rings is 2. The third-order valence-electron chi connectivity index (χ3n) is 3.28. The number of hydrogen-bond donors (Lipinski definition) is 2. The van der Waals surface area contributed by atoms with Gasteiger partial charge in [-0.3, -0.25) is 4.79 Å². The van der Waals surface area contributed by atoms with Gasteiger partial charge in [0.2, 0.25) is 0 Å².